The minimum Gasteiger partial charge on any atom is -0.507 e. The van der Waals surface area contributed by atoms with E-state index in [9.17, 15) is 5.11 Å². The minimum atomic E-state index is 0.155. The summed E-state index contributed by atoms with van der Waals surface area (Å²) < 4.78 is 0. The predicted octanol–water partition coefficient (Wildman–Crippen LogP) is 2.77. The maximum atomic E-state index is 10.00. The number of aromatic hydroxyl groups is 1. The minimum absolute atomic E-state index is 0.155. The Kier molecular flexibility index (Phi) is 4.28. The van der Waals surface area contributed by atoms with Crippen molar-refractivity contribution in [1.82, 2.24) is 10.3 Å². The van der Waals surface area contributed by atoms with E-state index in [1.165, 1.54) is 0 Å². The number of hydrogen-bond donors (Lipinski definition) is 3. The van der Waals surface area contributed by atoms with Crippen molar-refractivity contribution in [2.75, 3.05) is 6.54 Å². The number of hydrazone groups is 1. The molecule has 1 aliphatic heterocycles. The number of para-hydroxylation sites is 1. The highest BCUT2D eigenvalue weighted by Gasteiger charge is 2.27. The van der Waals surface area contributed by atoms with Crippen molar-refractivity contribution in [2.45, 2.75) is 13.5 Å². The lowest BCUT2D eigenvalue weighted by Crippen LogP contribution is -2.36. The molecule has 1 aliphatic rings. The highest BCUT2D eigenvalue weighted by Crippen LogP contribution is 2.25. The van der Waals surface area contributed by atoms with Crippen molar-refractivity contribution in [1.29, 1.82) is 5.41 Å². The van der Waals surface area contributed by atoms with Crippen molar-refractivity contribution in [2.24, 2.45) is 11.0 Å². The van der Waals surface area contributed by atoms with E-state index >= 15 is 0 Å². The van der Waals surface area contributed by atoms with Crippen molar-refractivity contribution < 1.29 is 5.11 Å². The van der Waals surface area contributed by atoms with Gasteiger partial charge in [0.1, 0.15) is 5.75 Å². The Morgan fingerprint density at radius 1 is 1.22 bits per heavy atom. The van der Waals surface area contributed by atoms with Gasteiger partial charge < -0.3 is 10.4 Å². The first kappa shape index (κ1) is 15.1. The van der Waals surface area contributed by atoms with Gasteiger partial charge >= 0.3 is 0 Å². The predicted molar refractivity (Wildman–Crippen MR) is 91.5 cm³/mol. The molecule has 0 aliphatic carbocycles. The fraction of sp³-hybridized carbons (Fsp3) is 0.222. The Morgan fingerprint density at radius 3 is 2.65 bits per heavy atom. The van der Waals surface area contributed by atoms with E-state index in [-0.39, 0.29) is 17.6 Å². The highest BCUT2D eigenvalue weighted by molar-refractivity contribution is 6.06. The first-order chi connectivity index (χ1) is 11.1. The number of hydrogen-bond acceptors (Lipinski definition) is 3. The van der Waals surface area contributed by atoms with Crippen LogP contribution >= 0.6 is 0 Å². The molecule has 0 aromatic heterocycles. The van der Waals surface area contributed by atoms with Crippen LogP contribution in [0.1, 0.15) is 18.1 Å². The van der Waals surface area contributed by atoms with E-state index in [0.29, 0.717) is 13.1 Å². The second-order valence-corrected chi connectivity index (χ2v) is 5.67. The van der Waals surface area contributed by atoms with Gasteiger partial charge in [-0.15, -0.1) is 0 Å². The molecule has 2 aromatic rings. The zero-order valence-electron chi connectivity index (χ0n) is 13.0. The molecule has 1 unspecified atom stereocenters. The van der Waals surface area contributed by atoms with Crippen LogP contribution in [0.15, 0.2) is 59.7 Å². The maximum Gasteiger partial charge on any atom is 0.212 e. The number of nitrogens with one attached hydrogen (secondary N) is 2. The lowest BCUT2D eigenvalue weighted by atomic mass is 9.99. The molecular formula is C18H20N4O. The van der Waals surface area contributed by atoms with E-state index in [1.807, 2.05) is 42.5 Å². The Bertz CT molecular complexity index is 727. The van der Waals surface area contributed by atoms with Gasteiger partial charge in [0, 0.05) is 18.0 Å². The molecule has 0 spiro atoms. The maximum absolute atomic E-state index is 10.00. The quantitative estimate of drug-likeness (QED) is 0.603. The Hall–Kier alpha value is -2.82. The molecule has 0 fully saturated rings. The van der Waals surface area contributed by atoms with E-state index in [0.717, 1.165) is 16.8 Å². The molecule has 118 valence electrons. The van der Waals surface area contributed by atoms with Crippen LogP contribution < -0.4 is 5.32 Å². The zero-order valence-corrected chi connectivity index (χ0v) is 13.0. The molecule has 5 nitrogen and oxygen atoms in total. The topological polar surface area (TPSA) is 71.7 Å². The highest BCUT2D eigenvalue weighted by atomic mass is 16.3. The van der Waals surface area contributed by atoms with Crippen LogP contribution in [-0.2, 0) is 6.54 Å². The average molecular weight is 308 g/mol. The first-order valence-corrected chi connectivity index (χ1v) is 7.66. The third kappa shape index (κ3) is 3.34. The van der Waals surface area contributed by atoms with Gasteiger partial charge in [-0.3, -0.25) is 5.41 Å². The van der Waals surface area contributed by atoms with Crippen LogP contribution in [0.3, 0.4) is 0 Å². The van der Waals surface area contributed by atoms with Crippen LogP contribution in [0.5, 0.6) is 5.75 Å². The van der Waals surface area contributed by atoms with Crippen molar-refractivity contribution >= 4 is 11.7 Å². The lowest BCUT2D eigenvalue weighted by Gasteiger charge is -2.16. The summed E-state index contributed by atoms with van der Waals surface area (Å²) in [4.78, 5) is 0. The van der Waals surface area contributed by atoms with Gasteiger partial charge in [0.05, 0.1) is 12.3 Å². The number of nitrogens with zero attached hydrogens (tertiary/aromatic N) is 2. The van der Waals surface area contributed by atoms with E-state index in [1.54, 1.807) is 17.1 Å². The molecule has 0 saturated heterocycles. The molecule has 0 bridgehead atoms. The smallest absolute Gasteiger partial charge is 0.212 e. The van der Waals surface area contributed by atoms with Gasteiger partial charge in [0.2, 0.25) is 5.96 Å². The fourth-order valence-electron chi connectivity index (χ4n) is 2.64. The Morgan fingerprint density at radius 2 is 1.91 bits per heavy atom. The number of phenolic OH excluding ortho intramolecular Hbond substituents is 1. The molecular weight excluding hydrogens is 288 g/mol. The molecule has 0 amide bonds. The Balaban J connectivity index is 1.69. The van der Waals surface area contributed by atoms with Crippen LogP contribution in [0, 0.1) is 11.3 Å². The summed E-state index contributed by atoms with van der Waals surface area (Å²) in [7, 11) is 0. The van der Waals surface area contributed by atoms with Crippen molar-refractivity contribution in [3.8, 4) is 5.75 Å². The standard InChI is InChI=1S/C18H20N4O/c1-13-12-22(18(19)20-11-14-7-3-2-4-8-14)21-17(13)15-9-5-6-10-16(15)23/h2-10,13,23H,11-12H2,1H3,(H2,19,20). The van der Waals surface area contributed by atoms with Gasteiger partial charge in [-0.05, 0) is 17.7 Å². The van der Waals surface area contributed by atoms with Gasteiger partial charge in [-0.25, -0.2) is 5.01 Å². The zero-order chi connectivity index (χ0) is 16.2. The van der Waals surface area contributed by atoms with Crippen LogP contribution in [0.4, 0.5) is 0 Å². The molecule has 3 rings (SSSR count). The third-order valence-electron chi connectivity index (χ3n) is 3.88. The number of rotatable bonds is 3. The van der Waals surface area contributed by atoms with E-state index in [4.69, 9.17) is 5.41 Å². The molecule has 1 atom stereocenters. The SMILES string of the molecule is CC1CN(C(=N)NCc2ccccc2)N=C1c1ccccc1O. The van der Waals surface area contributed by atoms with Crippen molar-refractivity contribution in [3.63, 3.8) is 0 Å². The number of benzene rings is 2. The molecule has 0 saturated carbocycles. The summed E-state index contributed by atoms with van der Waals surface area (Å²) in [5, 5.41) is 27.4. The summed E-state index contributed by atoms with van der Waals surface area (Å²) in [5.41, 5.74) is 2.67. The van der Waals surface area contributed by atoms with Crippen LogP contribution in [-0.4, -0.2) is 28.3 Å². The van der Waals surface area contributed by atoms with Crippen LogP contribution in [0.2, 0.25) is 0 Å². The normalized spacial score (nSPS) is 17.0. The summed E-state index contributed by atoms with van der Waals surface area (Å²) in [6.07, 6.45) is 0. The van der Waals surface area contributed by atoms with E-state index in [2.05, 4.69) is 17.3 Å². The monoisotopic (exact) mass is 308 g/mol. The van der Waals surface area contributed by atoms with E-state index < -0.39 is 0 Å². The molecule has 5 heteroatoms. The molecule has 3 N–H and O–H groups in total. The second-order valence-electron chi connectivity index (χ2n) is 5.67. The van der Waals surface area contributed by atoms with Gasteiger partial charge in [-0.2, -0.15) is 5.10 Å². The summed E-state index contributed by atoms with van der Waals surface area (Å²) in [6.45, 7) is 3.27. The van der Waals surface area contributed by atoms with Gasteiger partial charge in [-0.1, -0.05) is 49.4 Å². The number of phenols is 1. The molecule has 1 heterocycles. The molecule has 23 heavy (non-hydrogen) atoms. The largest absolute Gasteiger partial charge is 0.507 e. The molecule has 0 radical (unpaired) electrons. The second kappa shape index (κ2) is 6.52. The Labute approximate surface area is 135 Å². The third-order valence-corrected chi connectivity index (χ3v) is 3.88. The fourth-order valence-corrected chi connectivity index (χ4v) is 2.64. The summed E-state index contributed by atoms with van der Waals surface area (Å²) in [5.74, 6) is 0.650. The summed E-state index contributed by atoms with van der Waals surface area (Å²) >= 11 is 0. The summed E-state index contributed by atoms with van der Waals surface area (Å²) in [6, 6.07) is 17.2. The number of guanidine groups is 1. The average Bonchev–Trinajstić information content (AvgIpc) is 2.96. The van der Waals surface area contributed by atoms with Crippen LogP contribution in [0.25, 0.3) is 0 Å². The van der Waals surface area contributed by atoms with Gasteiger partial charge in [0.25, 0.3) is 0 Å². The van der Waals surface area contributed by atoms with Gasteiger partial charge in [0.15, 0.2) is 0 Å². The molecule has 2 aromatic carbocycles. The lowest BCUT2D eigenvalue weighted by molar-refractivity contribution is 0.434. The first-order valence-electron chi connectivity index (χ1n) is 7.66. The van der Waals surface area contributed by atoms with Crippen molar-refractivity contribution in [3.05, 3.63) is 65.7 Å².